The molecule has 0 bridgehead atoms. The molecule has 0 N–H and O–H groups in total. The van der Waals surface area contributed by atoms with Gasteiger partial charge in [0, 0.05) is 0 Å². The van der Waals surface area contributed by atoms with Crippen molar-refractivity contribution in [3.8, 4) is 0 Å². The van der Waals surface area contributed by atoms with Crippen molar-refractivity contribution in [1.29, 1.82) is 0 Å². The van der Waals surface area contributed by atoms with Crippen LogP contribution in [-0.4, -0.2) is 18.7 Å². The van der Waals surface area contributed by atoms with Crippen LogP contribution in [0.15, 0.2) is 97.6 Å². The van der Waals surface area contributed by atoms with Crippen LogP contribution in [0.3, 0.4) is 0 Å². The first-order valence-corrected chi connectivity index (χ1v) is 13.6. The Morgan fingerprint density at radius 3 is 1.93 bits per heavy atom. The molecule has 0 atom stereocenters. The van der Waals surface area contributed by atoms with Crippen LogP contribution in [0.2, 0.25) is 0 Å². The molecular formula is C24H24BrO2P. The predicted molar refractivity (Wildman–Crippen MR) is 125 cm³/mol. The Morgan fingerprint density at radius 1 is 0.929 bits per heavy atom. The summed E-state index contributed by atoms with van der Waals surface area (Å²) in [4.78, 5) is 11.7. The summed E-state index contributed by atoms with van der Waals surface area (Å²) in [5, 5.41) is 0.612. The third-order valence-corrected chi connectivity index (χ3v) is 15.1. The summed E-state index contributed by atoms with van der Waals surface area (Å²) in [6, 6.07) is 29.4. The fourth-order valence-electron chi connectivity index (χ4n) is 3.75. The zero-order chi connectivity index (χ0) is 20.1. The number of carbonyl (C=O) groups is 1. The van der Waals surface area contributed by atoms with Crippen LogP contribution in [0.4, 0.5) is 0 Å². The monoisotopic (exact) mass is 454 g/mol. The van der Waals surface area contributed by atoms with Gasteiger partial charge in [-0.05, 0) is 0 Å². The summed E-state index contributed by atoms with van der Waals surface area (Å²) in [5.74, 6) is -0.400. The van der Waals surface area contributed by atoms with Gasteiger partial charge in [-0.15, -0.1) is 0 Å². The Hall–Kier alpha value is -2.22. The van der Waals surface area contributed by atoms with E-state index in [0.717, 1.165) is 0 Å². The van der Waals surface area contributed by atoms with Gasteiger partial charge < -0.3 is 0 Å². The number of hydrogen-bond acceptors (Lipinski definition) is 2. The van der Waals surface area contributed by atoms with Gasteiger partial charge in [-0.3, -0.25) is 0 Å². The van der Waals surface area contributed by atoms with Crippen molar-refractivity contribution < 1.29 is 9.53 Å². The molecule has 0 saturated carbocycles. The van der Waals surface area contributed by atoms with Crippen LogP contribution in [0, 0.1) is 6.92 Å². The molecule has 0 aliphatic rings. The summed E-state index contributed by atoms with van der Waals surface area (Å²) in [5.41, 5.74) is 1.21. The van der Waals surface area contributed by atoms with Gasteiger partial charge in [-0.1, -0.05) is 0 Å². The molecule has 3 aromatic rings. The molecule has 0 spiro atoms. The fraction of sp³-hybridized carbons (Fsp3) is 0.125. The van der Waals surface area contributed by atoms with Gasteiger partial charge >= 0.3 is 175 Å². The van der Waals surface area contributed by atoms with Gasteiger partial charge in [0.05, 0.1) is 0 Å². The van der Waals surface area contributed by atoms with Crippen LogP contribution in [-0.2, 0) is 9.53 Å². The molecule has 0 aromatic heterocycles. The molecule has 28 heavy (non-hydrogen) atoms. The second-order valence-corrected chi connectivity index (χ2v) is 15.8. The van der Waals surface area contributed by atoms with Gasteiger partial charge in [-0.2, -0.15) is 0 Å². The van der Waals surface area contributed by atoms with E-state index >= 15 is 0 Å². The average molecular weight is 455 g/mol. The van der Waals surface area contributed by atoms with Crippen molar-refractivity contribution in [2.45, 2.75) is 6.92 Å². The number of hydrogen-bond donors (Lipinski definition) is 0. The number of benzene rings is 3. The summed E-state index contributed by atoms with van der Waals surface area (Å²) in [6.07, 6.45) is 1.87. The molecule has 0 aliphatic carbocycles. The van der Waals surface area contributed by atoms with E-state index in [4.69, 9.17) is 4.74 Å². The van der Waals surface area contributed by atoms with Crippen molar-refractivity contribution >= 4 is 42.7 Å². The van der Waals surface area contributed by atoms with Crippen LogP contribution in [0.1, 0.15) is 5.56 Å². The van der Waals surface area contributed by atoms with E-state index in [2.05, 4.69) is 102 Å². The van der Waals surface area contributed by atoms with Gasteiger partial charge in [0.1, 0.15) is 0 Å². The Balaban J connectivity index is 2.31. The first kappa shape index (κ1) is 20.5. The molecule has 0 amide bonds. The molecular weight excluding hydrogens is 431 g/mol. The number of halogens is 1. The van der Waals surface area contributed by atoms with Crippen LogP contribution < -0.4 is 15.9 Å². The van der Waals surface area contributed by atoms with Gasteiger partial charge in [0.2, 0.25) is 0 Å². The Morgan fingerprint density at radius 2 is 1.43 bits per heavy atom. The summed E-state index contributed by atoms with van der Waals surface area (Å²) >= 11 is 4.35. The third kappa shape index (κ3) is 3.57. The molecule has 144 valence electrons. The molecule has 4 heteroatoms. The second kappa shape index (κ2) is 8.43. The van der Waals surface area contributed by atoms with E-state index in [0.29, 0.717) is 12.8 Å². The molecule has 0 fully saturated rings. The van der Waals surface area contributed by atoms with Crippen molar-refractivity contribution in [3.63, 3.8) is 0 Å². The topological polar surface area (TPSA) is 26.3 Å². The molecule has 0 radical (unpaired) electrons. The number of aryl methyl sites for hydroxylation is 1. The number of rotatable bonds is 7. The van der Waals surface area contributed by atoms with E-state index in [1.807, 2.05) is 12.1 Å². The van der Waals surface area contributed by atoms with E-state index in [1.54, 1.807) is 0 Å². The van der Waals surface area contributed by atoms with E-state index in [9.17, 15) is 4.79 Å². The molecule has 0 saturated heterocycles. The van der Waals surface area contributed by atoms with Crippen molar-refractivity contribution in [2.75, 3.05) is 12.8 Å². The quantitative estimate of drug-likeness (QED) is 0.289. The first-order chi connectivity index (χ1) is 13.5. The minimum atomic E-state index is -3.06. The zero-order valence-corrected chi connectivity index (χ0v) is 18.4. The third-order valence-electron chi connectivity index (χ3n) is 5.13. The van der Waals surface area contributed by atoms with Crippen LogP contribution in [0.25, 0.3) is 0 Å². The van der Waals surface area contributed by atoms with E-state index < -0.39 is 11.3 Å². The Labute approximate surface area is 174 Å². The molecule has 2 nitrogen and oxygen atoms in total. The molecule has 0 unspecified atom stereocenters. The molecule has 3 rings (SSSR count). The van der Waals surface area contributed by atoms with Gasteiger partial charge in [0.25, 0.3) is 0 Å². The van der Waals surface area contributed by atoms with Crippen molar-refractivity contribution in [2.24, 2.45) is 0 Å². The van der Waals surface area contributed by atoms with Crippen LogP contribution in [0.5, 0.6) is 0 Å². The molecule has 0 heterocycles. The van der Waals surface area contributed by atoms with Crippen molar-refractivity contribution in [1.82, 2.24) is 0 Å². The average Bonchev–Trinajstić information content (AvgIpc) is 2.75. The minimum absolute atomic E-state index is 0.298. The zero-order valence-electron chi connectivity index (χ0n) is 15.9. The number of esters is 1. The Kier molecular flexibility index (Phi) is 6.17. The molecule has 0 aliphatic heterocycles. The summed E-state index contributed by atoms with van der Waals surface area (Å²) in [7, 11) is 0. The number of carbonyl (C=O) groups excluding carboxylic acids is 1. The SMILES string of the molecule is C=CC(=O)OCCP(Br)(c1ccccc1)(c1ccccc1)c1ccccc1C. The van der Waals surface area contributed by atoms with E-state index in [-0.39, 0.29) is 0 Å². The normalized spacial score (nSPS) is 12.6. The summed E-state index contributed by atoms with van der Waals surface area (Å²) in [6.45, 7) is 5.94. The summed E-state index contributed by atoms with van der Waals surface area (Å²) < 4.78 is 5.46. The molecule has 3 aromatic carbocycles. The maximum atomic E-state index is 11.7. The fourth-order valence-corrected chi connectivity index (χ4v) is 11.6. The van der Waals surface area contributed by atoms with Crippen LogP contribution >= 0.6 is 20.8 Å². The Bertz CT molecular complexity index is 931. The predicted octanol–water partition coefficient (Wildman–Crippen LogP) is 4.86. The standard InChI is InChI=1S/C24H24BrO2P/c1-3-24(26)27-18-19-28(25,21-13-6-4-7-14-21,22-15-8-5-9-16-22)23-17-11-10-12-20(23)2/h3-17H,1,18-19H2,2H3. The second-order valence-electron chi connectivity index (χ2n) is 6.74. The first-order valence-electron chi connectivity index (χ1n) is 9.20. The van der Waals surface area contributed by atoms with Gasteiger partial charge in [0.15, 0.2) is 0 Å². The van der Waals surface area contributed by atoms with Crippen molar-refractivity contribution in [3.05, 3.63) is 103 Å². The van der Waals surface area contributed by atoms with Gasteiger partial charge in [-0.25, -0.2) is 0 Å². The number of ether oxygens (including phenoxy) is 1. The maximum absolute atomic E-state index is 11.7. The van der Waals surface area contributed by atoms with E-state index in [1.165, 1.54) is 27.6 Å².